The van der Waals surface area contributed by atoms with Gasteiger partial charge in [-0.1, -0.05) is 11.6 Å². The molecule has 0 unspecified atom stereocenters. The third kappa shape index (κ3) is 5.16. The van der Waals surface area contributed by atoms with Crippen molar-refractivity contribution in [3.8, 4) is 5.75 Å². The van der Waals surface area contributed by atoms with E-state index in [4.69, 9.17) is 16.3 Å². The van der Waals surface area contributed by atoms with Crippen LogP contribution in [0.2, 0.25) is 5.02 Å². The molecule has 32 heavy (non-hydrogen) atoms. The predicted octanol–water partition coefficient (Wildman–Crippen LogP) is 4.55. The van der Waals surface area contributed by atoms with E-state index in [2.05, 4.69) is 5.32 Å². The van der Waals surface area contributed by atoms with Crippen LogP contribution in [0.4, 0.5) is 23.2 Å². The molecular formula is C20H19ClF4N2O4S. The van der Waals surface area contributed by atoms with Gasteiger partial charge in [0, 0.05) is 19.0 Å². The molecule has 174 valence electrons. The molecule has 0 aliphatic carbocycles. The van der Waals surface area contributed by atoms with Gasteiger partial charge in [0.05, 0.1) is 23.4 Å². The van der Waals surface area contributed by atoms with E-state index < -0.39 is 39.4 Å². The Labute approximate surface area is 187 Å². The van der Waals surface area contributed by atoms with Gasteiger partial charge in [0.2, 0.25) is 15.9 Å². The number of hydrogen-bond donors (Lipinski definition) is 1. The fourth-order valence-corrected chi connectivity index (χ4v) is 5.18. The van der Waals surface area contributed by atoms with Gasteiger partial charge in [-0.3, -0.25) is 4.79 Å². The standard InChI is InChI=1S/C20H19ClF4N2O4S/c1-31-17-5-3-14(22)11-18(17)32(29,30)27-8-6-12(7-9-27)19(28)26-16-10-13(20(23,24)25)2-4-15(16)21/h2-5,10-12H,6-9H2,1H3,(H,26,28). The van der Waals surface area contributed by atoms with Gasteiger partial charge in [0.15, 0.2) is 0 Å². The number of piperidine rings is 1. The first kappa shape index (κ1) is 24.3. The summed E-state index contributed by atoms with van der Waals surface area (Å²) < 4.78 is 84.3. The topological polar surface area (TPSA) is 75.7 Å². The van der Waals surface area contributed by atoms with Crippen LogP contribution >= 0.6 is 11.6 Å². The molecule has 0 radical (unpaired) electrons. The number of halogens is 5. The van der Waals surface area contributed by atoms with Crippen LogP contribution in [-0.2, 0) is 21.0 Å². The Morgan fingerprint density at radius 2 is 1.81 bits per heavy atom. The summed E-state index contributed by atoms with van der Waals surface area (Å²) in [6, 6.07) is 5.75. The van der Waals surface area contributed by atoms with Gasteiger partial charge in [-0.2, -0.15) is 17.5 Å². The number of nitrogens with zero attached hydrogens (tertiary/aromatic N) is 1. The molecule has 12 heteroatoms. The highest BCUT2D eigenvalue weighted by Crippen LogP contribution is 2.35. The molecule has 1 saturated heterocycles. The molecule has 0 saturated carbocycles. The summed E-state index contributed by atoms with van der Waals surface area (Å²) in [5, 5.41) is 2.34. The molecule has 1 aliphatic heterocycles. The van der Waals surface area contributed by atoms with Crippen LogP contribution in [0.3, 0.4) is 0 Å². The highest BCUT2D eigenvalue weighted by molar-refractivity contribution is 7.89. The molecule has 1 amide bonds. The fourth-order valence-electron chi connectivity index (χ4n) is 3.38. The molecule has 6 nitrogen and oxygen atoms in total. The molecule has 0 atom stereocenters. The summed E-state index contributed by atoms with van der Waals surface area (Å²) in [6.07, 6.45) is -4.35. The second-order valence-corrected chi connectivity index (χ2v) is 9.47. The number of amides is 1. The van der Waals surface area contributed by atoms with Crippen LogP contribution in [-0.4, -0.2) is 38.8 Å². The molecule has 0 aromatic heterocycles. The van der Waals surface area contributed by atoms with Gasteiger partial charge < -0.3 is 10.1 Å². The molecule has 1 N–H and O–H groups in total. The first-order valence-electron chi connectivity index (χ1n) is 9.45. The van der Waals surface area contributed by atoms with E-state index in [9.17, 15) is 30.8 Å². The Morgan fingerprint density at radius 3 is 2.41 bits per heavy atom. The van der Waals surface area contributed by atoms with Crippen LogP contribution in [0.25, 0.3) is 0 Å². The number of sulfonamides is 1. The Bertz CT molecular complexity index is 1120. The van der Waals surface area contributed by atoms with Crippen molar-refractivity contribution in [1.29, 1.82) is 0 Å². The summed E-state index contributed by atoms with van der Waals surface area (Å²) in [5.74, 6) is -1.95. The van der Waals surface area contributed by atoms with Crippen molar-refractivity contribution in [3.63, 3.8) is 0 Å². The van der Waals surface area contributed by atoms with E-state index in [1.54, 1.807) is 0 Å². The van der Waals surface area contributed by atoms with Crippen LogP contribution < -0.4 is 10.1 Å². The van der Waals surface area contributed by atoms with Crippen molar-refractivity contribution in [2.24, 2.45) is 5.92 Å². The molecule has 0 spiro atoms. The van der Waals surface area contributed by atoms with Crippen molar-refractivity contribution in [1.82, 2.24) is 4.31 Å². The zero-order valence-electron chi connectivity index (χ0n) is 16.7. The number of carbonyl (C=O) groups excluding carboxylic acids is 1. The normalized spacial score (nSPS) is 16.1. The lowest BCUT2D eigenvalue weighted by Crippen LogP contribution is -2.41. The number of alkyl halides is 3. The fraction of sp³-hybridized carbons (Fsp3) is 0.350. The van der Waals surface area contributed by atoms with Crippen LogP contribution in [0.1, 0.15) is 18.4 Å². The lowest BCUT2D eigenvalue weighted by molar-refractivity contribution is -0.137. The summed E-state index contributed by atoms with van der Waals surface area (Å²) in [7, 11) is -2.81. The second kappa shape index (κ2) is 9.24. The maximum atomic E-state index is 13.6. The molecular weight excluding hydrogens is 476 g/mol. The van der Waals surface area contributed by atoms with Crippen LogP contribution in [0, 0.1) is 11.7 Å². The highest BCUT2D eigenvalue weighted by Gasteiger charge is 2.35. The number of carbonyl (C=O) groups is 1. The Morgan fingerprint density at radius 1 is 1.16 bits per heavy atom. The monoisotopic (exact) mass is 494 g/mol. The molecule has 1 aliphatic rings. The Balaban J connectivity index is 1.70. The average Bonchev–Trinajstić information content (AvgIpc) is 2.74. The van der Waals surface area contributed by atoms with Crippen molar-refractivity contribution in [2.75, 3.05) is 25.5 Å². The molecule has 3 rings (SSSR count). The third-order valence-electron chi connectivity index (χ3n) is 5.12. The largest absolute Gasteiger partial charge is 0.495 e. The number of anilines is 1. The van der Waals surface area contributed by atoms with E-state index in [1.807, 2.05) is 0 Å². The van der Waals surface area contributed by atoms with Gasteiger partial charge in [0.1, 0.15) is 16.5 Å². The maximum Gasteiger partial charge on any atom is 0.416 e. The minimum absolute atomic E-state index is 0.00884. The highest BCUT2D eigenvalue weighted by atomic mass is 35.5. The minimum atomic E-state index is -4.60. The lowest BCUT2D eigenvalue weighted by atomic mass is 9.97. The van der Waals surface area contributed by atoms with Crippen molar-refractivity contribution in [3.05, 3.63) is 52.8 Å². The average molecular weight is 495 g/mol. The molecule has 2 aromatic rings. The number of ether oxygens (including phenoxy) is 1. The van der Waals surface area contributed by atoms with E-state index in [-0.39, 0.29) is 47.3 Å². The van der Waals surface area contributed by atoms with Crippen LogP contribution in [0.15, 0.2) is 41.3 Å². The minimum Gasteiger partial charge on any atom is -0.495 e. The predicted molar refractivity (Wildman–Crippen MR) is 110 cm³/mol. The number of benzene rings is 2. The van der Waals surface area contributed by atoms with Gasteiger partial charge in [-0.05, 0) is 49.2 Å². The van der Waals surface area contributed by atoms with Crippen molar-refractivity contribution >= 4 is 33.2 Å². The number of hydrogen-bond acceptors (Lipinski definition) is 4. The third-order valence-corrected chi connectivity index (χ3v) is 7.37. The van der Waals surface area contributed by atoms with Gasteiger partial charge >= 0.3 is 6.18 Å². The molecule has 1 fully saturated rings. The van der Waals surface area contributed by atoms with Crippen molar-refractivity contribution < 1.29 is 35.5 Å². The number of rotatable bonds is 5. The zero-order chi connectivity index (χ0) is 23.7. The molecule has 0 bridgehead atoms. The first-order chi connectivity index (χ1) is 14.9. The van der Waals surface area contributed by atoms with Gasteiger partial charge in [-0.25, -0.2) is 12.8 Å². The summed E-state index contributed by atoms with van der Waals surface area (Å²) in [5.41, 5.74) is -1.13. The second-order valence-electron chi connectivity index (χ2n) is 7.16. The van der Waals surface area contributed by atoms with E-state index >= 15 is 0 Å². The van der Waals surface area contributed by atoms with Gasteiger partial charge in [0.25, 0.3) is 0 Å². The Hall–Kier alpha value is -2.37. The van der Waals surface area contributed by atoms with E-state index in [0.717, 1.165) is 34.6 Å². The van der Waals surface area contributed by atoms with E-state index in [1.165, 1.54) is 13.2 Å². The summed E-state index contributed by atoms with van der Waals surface area (Å²) in [4.78, 5) is 12.2. The number of nitrogens with one attached hydrogen (secondary N) is 1. The van der Waals surface area contributed by atoms with Crippen molar-refractivity contribution in [2.45, 2.75) is 23.9 Å². The number of methoxy groups -OCH3 is 1. The quantitative estimate of drug-likeness (QED) is 0.619. The van der Waals surface area contributed by atoms with Gasteiger partial charge in [-0.15, -0.1) is 0 Å². The first-order valence-corrected chi connectivity index (χ1v) is 11.3. The van der Waals surface area contributed by atoms with Crippen LogP contribution in [0.5, 0.6) is 5.75 Å². The maximum absolute atomic E-state index is 13.6. The molecule has 1 heterocycles. The SMILES string of the molecule is COc1ccc(F)cc1S(=O)(=O)N1CCC(C(=O)Nc2cc(C(F)(F)F)ccc2Cl)CC1. The Kier molecular flexibility index (Phi) is 7.01. The summed E-state index contributed by atoms with van der Waals surface area (Å²) >= 11 is 5.91. The summed E-state index contributed by atoms with van der Waals surface area (Å²) in [6.45, 7) is -0.0627. The zero-order valence-corrected chi connectivity index (χ0v) is 18.3. The molecule has 2 aromatic carbocycles. The lowest BCUT2D eigenvalue weighted by Gasteiger charge is -2.31. The smallest absolute Gasteiger partial charge is 0.416 e. The van der Waals surface area contributed by atoms with E-state index in [0.29, 0.717) is 0 Å².